The lowest BCUT2D eigenvalue weighted by Crippen LogP contribution is -2.40. The zero-order valence-electron chi connectivity index (χ0n) is 11.2. The zero-order valence-corrected chi connectivity index (χ0v) is 12.0. The summed E-state index contributed by atoms with van der Waals surface area (Å²) in [6.45, 7) is 8.34. The molecule has 1 saturated heterocycles. The number of hydrogen-bond acceptors (Lipinski definition) is 2. The highest BCUT2D eigenvalue weighted by Gasteiger charge is 2.37. The van der Waals surface area contributed by atoms with Crippen molar-refractivity contribution in [2.45, 2.75) is 64.0 Å². The molecule has 1 unspecified atom stereocenters. The third-order valence-corrected chi connectivity index (χ3v) is 5.20. The largest absolute Gasteiger partial charge is 0.291 e. The van der Waals surface area contributed by atoms with Gasteiger partial charge in [0.15, 0.2) is 0 Å². The number of hydrogen-bond donors (Lipinski definition) is 0. The Morgan fingerprint density at radius 1 is 1.24 bits per heavy atom. The molecule has 0 amide bonds. The van der Waals surface area contributed by atoms with E-state index in [9.17, 15) is 0 Å². The molecule has 0 aromatic carbocycles. The van der Waals surface area contributed by atoms with Crippen molar-refractivity contribution in [3.8, 4) is 0 Å². The summed E-state index contributed by atoms with van der Waals surface area (Å²) >= 11 is 1.99. The molecule has 2 heterocycles. The molecule has 2 heteroatoms. The summed E-state index contributed by atoms with van der Waals surface area (Å²) in [5, 5.41) is 2.31. The average molecular weight is 249 g/mol. The molecule has 1 aliphatic carbocycles. The Kier molecular flexibility index (Phi) is 2.83. The second-order valence-corrected chi connectivity index (χ2v) is 7.48. The van der Waals surface area contributed by atoms with Gasteiger partial charge in [-0.2, -0.15) is 0 Å². The second-order valence-electron chi connectivity index (χ2n) is 6.54. The van der Waals surface area contributed by atoms with E-state index in [1.54, 1.807) is 10.4 Å². The molecule has 2 aliphatic rings. The van der Waals surface area contributed by atoms with E-state index in [1.165, 1.54) is 32.2 Å². The molecule has 2 fully saturated rings. The van der Waals surface area contributed by atoms with E-state index in [4.69, 9.17) is 0 Å². The molecule has 1 aromatic rings. The fourth-order valence-electron chi connectivity index (χ4n) is 3.18. The SMILES string of the molecule is CC(C)(C)N1CCCC1c1sccc1C1CC1. The summed E-state index contributed by atoms with van der Waals surface area (Å²) in [7, 11) is 0. The number of nitrogens with zero attached hydrogens (tertiary/aromatic N) is 1. The first-order valence-electron chi connectivity index (χ1n) is 6.91. The first kappa shape index (κ1) is 11.7. The third-order valence-electron chi connectivity index (χ3n) is 4.16. The van der Waals surface area contributed by atoms with Crippen molar-refractivity contribution >= 4 is 11.3 Å². The molecular weight excluding hydrogens is 226 g/mol. The molecule has 0 radical (unpaired) electrons. The van der Waals surface area contributed by atoms with Crippen LogP contribution in [-0.2, 0) is 0 Å². The third kappa shape index (κ3) is 2.17. The maximum atomic E-state index is 2.71. The van der Waals surface area contributed by atoms with Gasteiger partial charge < -0.3 is 0 Å². The zero-order chi connectivity index (χ0) is 12.0. The lowest BCUT2D eigenvalue weighted by molar-refractivity contribution is 0.123. The molecular formula is C15H23NS. The van der Waals surface area contributed by atoms with Gasteiger partial charge in [0, 0.05) is 16.5 Å². The molecule has 17 heavy (non-hydrogen) atoms. The summed E-state index contributed by atoms with van der Waals surface area (Å²) in [5.41, 5.74) is 1.99. The van der Waals surface area contributed by atoms with Gasteiger partial charge in [0.2, 0.25) is 0 Å². The normalized spacial score (nSPS) is 26.6. The van der Waals surface area contributed by atoms with Crippen molar-refractivity contribution in [1.82, 2.24) is 4.90 Å². The van der Waals surface area contributed by atoms with E-state index in [-0.39, 0.29) is 0 Å². The van der Waals surface area contributed by atoms with Crippen LogP contribution < -0.4 is 0 Å². The van der Waals surface area contributed by atoms with Gasteiger partial charge in [-0.05, 0) is 75.9 Å². The standard InChI is InChI=1S/C15H23NS/c1-15(2,3)16-9-4-5-13(16)14-12(8-10-17-14)11-6-7-11/h8,10-11,13H,4-7,9H2,1-3H3. The summed E-state index contributed by atoms with van der Waals surface area (Å²) in [6.07, 6.45) is 5.57. The van der Waals surface area contributed by atoms with Gasteiger partial charge in [-0.3, -0.25) is 4.90 Å². The van der Waals surface area contributed by atoms with Crippen LogP contribution >= 0.6 is 11.3 Å². The molecule has 0 spiro atoms. The number of thiophene rings is 1. The monoisotopic (exact) mass is 249 g/mol. The van der Waals surface area contributed by atoms with Crippen LogP contribution in [0.1, 0.15) is 68.9 Å². The molecule has 0 bridgehead atoms. The summed E-state index contributed by atoms with van der Waals surface area (Å²) < 4.78 is 0. The van der Waals surface area contributed by atoms with Gasteiger partial charge in [-0.25, -0.2) is 0 Å². The van der Waals surface area contributed by atoms with Crippen molar-refractivity contribution in [3.05, 3.63) is 21.9 Å². The Balaban J connectivity index is 1.89. The summed E-state index contributed by atoms with van der Waals surface area (Å²) in [4.78, 5) is 4.39. The minimum atomic E-state index is 0.311. The maximum absolute atomic E-state index is 2.71. The van der Waals surface area contributed by atoms with Crippen molar-refractivity contribution in [3.63, 3.8) is 0 Å². The van der Waals surface area contributed by atoms with Crippen molar-refractivity contribution in [2.75, 3.05) is 6.54 Å². The van der Waals surface area contributed by atoms with Crippen LogP contribution in [0.25, 0.3) is 0 Å². The molecule has 1 nitrogen and oxygen atoms in total. The Morgan fingerprint density at radius 2 is 2.00 bits per heavy atom. The first-order valence-corrected chi connectivity index (χ1v) is 7.79. The average Bonchev–Trinajstić information content (AvgIpc) is 2.81. The summed E-state index contributed by atoms with van der Waals surface area (Å²) in [5.74, 6) is 0.902. The van der Waals surface area contributed by atoms with Crippen LogP contribution in [0.5, 0.6) is 0 Å². The smallest absolute Gasteiger partial charge is 0.0450 e. The molecule has 94 valence electrons. The Bertz CT molecular complexity index is 397. The van der Waals surface area contributed by atoms with Gasteiger partial charge in [0.25, 0.3) is 0 Å². The molecule has 0 N–H and O–H groups in total. The van der Waals surface area contributed by atoms with Gasteiger partial charge in [0.05, 0.1) is 0 Å². The second kappa shape index (κ2) is 4.10. The van der Waals surface area contributed by atoms with E-state index in [1.807, 2.05) is 11.3 Å². The quantitative estimate of drug-likeness (QED) is 0.742. The Hall–Kier alpha value is -0.340. The molecule has 1 saturated carbocycles. The van der Waals surface area contributed by atoms with Crippen molar-refractivity contribution < 1.29 is 0 Å². The molecule has 1 atom stereocenters. The molecule has 3 rings (SSSR count). The van der Waals surface area contributed by atoms with E-state index in [0.29, 0.717) is 11.6 Å². The highest BCUT2D eigenvalue weighted by atomic mass is 32.1. The number of likely N-dealkylation sites (tertiary alicyclic amines) is 1. The van der Waals surface area contributed by atoms with Crippen LogP contribution in [0.4, 0.5) is 0 Å². The molecule has 1 aromatic heterocycles. The first-order chi connectivity index (χ1) is 8.07. The Morgan fingerprint density at radius 3 is 2.65 bits per heavy atom. The number of rotatable bonds is 2. The predicted molar refractivity (Wildman–Crippen MR) is 74.7 cm³/mol. The minimum Gasteiger partial charge on any atom is -0.291 e. The van der Waals surface area contributed by atoms with Crippen molar-refractivity contribution in [2.24, 2.45) is 0 Å². The topological polar surface area (TPSA) is 3.24 Å². The molecule has 1 aliphatic heterocycles. The van der Waals surface area contributed by atoms with Crippen LogP contribution in [0.2, 0.25) is 0 Å². The fourth-order valence-corrected chi connectivity index (χ4v) is 4.31. The highest BCUT2D eigenvalue weighted by molar-refractivity contribution is 7.10. The van der Waals surface area contributed by atoms with Gasteiger partial charge >= 0.3 is 0 Å². The van der Waals surface area contributed by atoms with E-state index >= 15 is 0 Å². The lowest BCUT2D eigenvalue weighted by atomic mass is 10.0. The van der Waals surface area contributed by atoms with Crippen LogP contribution in [0.15, 0.2) is 11.4 Å². The highest BCUT2D eigenvalue weighted by Crippen LogP contribution is 2.48. The van der Waals surface area contributed by atoms with Crippen LogP contribution in [0, 0.1) is 0 Å². The fraction of sp³-hybridized carbons (Fsp3) is 0.733. The van der Waals surface area contributed by atoms with Gasteiger partial charge in [-0.15, -0.1) is 11.3 Å². The lowest BCUT2D eigenvalue weighted by Gasteiger charge is -2.37. The van der Waals surface area contributed by atoms with Crippen molar-refractivity contribution in [1.29, 1.82) is 0 Å². The Labute approximate surface area is 109 Å². The van der Waals surface area contributed by atoms with Gasteiger partial charge in [0.1, 0.15) is 0 Å². The van der Waals surface area contributed by atoms with E-state index in [0.717, 1.165) is 5.92 Å². The predicted octanol–water partition coefficient (Wildman–Crippen LogP) is 4.56. The summed E-state index contributed by atoms with van der Waals surface area (Å²) in [6, 6.07) is 3.09. The van der Waals surface area contributed by atoms with E-state index in [2.05, 4.69) is 37.1 Å². The van der Waals surface area contributed by atoms with Crippen LogP contribution in [-0.4, -0.2) is 17.0 Å². The van der Waals surface area contributed by atoms with Crippen LogP contribution in [0.3, 0.4) is 0 Å². The van der Waals surface area contributed by atoms with E-state index < -0.39 is 0 Å². The maximum Gasteiger partial charge on any atom is 0.0450 e. The minimum absolute atomic E-state index is 0.311. The van der Waals surface area contributed by atoms with Gasteiger partial charge in [-0.1, -0.05) is 0 Å².